The zero-order chi connectivity index (χ0) is 10.6. The van der Waals surface area contributed by atoms with E-state index in [1.807, 2.05) is 0 Å². The van der Waals surface area contributed by atoms with Crippen molar-refractivity contribution in [1.29, 1.82) is 0 Å². The molecular weight excluding hydrogens is 176 g/mol. The van der Waals surface area contributed by atoms with Crippen LogP contribution in [0.5, 0.6) is 0 Å². The minimum absolute atomic E-state index is 0.535. The lowest BCUT2D eigenvalue weighted by molar-refractivity contribution is 0.282. The van der Waals surface area contributed by atoms with Gasteiger partial charge in [0.2, 0.25) is 0 Å². The van der Waals surface area contributed by atoms with Gasteiger partial charge >= 0.3 is 0 Å². The second-order valence-corrected chi connectivity index (χ2v) is 3.99. The van der Waals surface area contributed by atoms with E-state index in [0.717, 1.165) is 18.9 Å². The van der Waals surface area contributed by atoms with E-state index in [1.165, 1.54) is 0 Å². The van der Waals surface area contributed by atoms with Gasteiger partial charge in [-0.3, -0.25) is 4.90 Å². The van der Waals surface area contributed by atoms with E-state index < -0.39 is 0 Å². The smallest absolute Gasteiger partial charge is 0.144 e. The van der Waals surface area contributed by atoms with E-state index in [-0.39, 0.29) is 0 Å². The first kappa shape index (κ1) is 10.9. The number of aromatic nitrogens is 2. The van der Waals surface area contributed by atoms with E-state index in [9.17, 15) is 0 Å². The summed E-state index contributed by atoms with van der Waals surface area (Å²) in [6.07, 6.45) is 1.70. The Labute approximate surface area is 85.2 Å². The maximum atomic E-state index is 5.57. The van der Waals surface area contributed by atoms with Crippen LogP contribution in [0.3, 0.4) is 0 Å². The molecule has 4 nitrogen and oxygen atoms in total. The molecule has 0 aliphatic rings. The second-order valence-electron chi connectivity index (χ2n) is 3.99. The third-order valence-corrected chi connectivity index (χ3v) is 1.82. The van der Waals surface area contributed by atoms with Crippen LogP contribution in [0.15, 0.2) is 12.3 Å². The van der Waals surface area contributed by atoms with E-state index in [1.54, 1.807) is 12.3 Å². The number of hydrogen-bond acceptors (Lipinski definition) is 4. The normalized spacial score (nSPS) is 11.2. The zero-order valence-electron chi connectivity index (χ0n) is 9.07. The molecule has 1 rings (SSSR count). The Morgan fingerprint density at radius 1 is 1.50 bits per heavy atom. The maximum Gasteiger partial charge on any atom is 0.144 e. The van der Waals surface area contributed by atoms with Gasteiger partial charge in [0.1, 0.15) is 11.6 Å². The van der Waals surface area contributed by atoms with Gasteiger partial charge in [-0.25, -0.2) is 9.97 Å². The molecular formula is C10H18N4. The molecule has 1 heterocycles. The zero-order valence-corrected chi connectivity index (χ0v) is 9.07. The summed E-state index contributed by atoms with van der Waals surface area (Å²) in [5.74, 6) is 1.97. The molecule has 0 bridgehead atoms. The van der Waals surface area contributed by atoms with Gasteiger partial charge in [0.15, 0.2) is 0 Å². The summed E-state index contributed by atoms with van der Waals surface area (Å²) >= 11 is 0. The minimum atomic E-state index is 0.535. The molecule has 0 spiro atoms. The second kappa shape index (κ2) is 4.91. The molecule has 0 fully saturated rings. The lowest BCUT2D eigenvalue weighted by Gasteiger charge is -2.17. The van der Waals surface area contributed by atoms with Crippen LogP contribution >= 0.6 is 0 Å². The van der Waals surface area contributed by atoms with Gasteiger partial charge in [-0.15, -0.1) is 0 Å². The van der Waals surface area contributed by atoms with Crippen LogP contribution in [0.1, 0.15) is 19.7 Å². The number of nitrogen functional groups attached to an aromatic ring is 1. The number of rotatable bonds is 4. The van der Waals surface area contributed by atoms with Gasteiger partial charge in [0.05, 0.1) is 6.54 Å². The quantitative estimate of drug-likeness (QED) is 0.781. The van der Waals surface area contributed by atoms with E-state index in [4.69, 9.17) is 5.73 Å². The molecule has 4 heteroatoms. The van der Waals surface area contributed by atoms with Gasteiger partial charge in [-0.1, -0.05) is 13.8 Å². The largest absolute Gasteiger partial charge is 0.384 e. The van der Waals surface area contributed by atoms with Crippen molar-refractivity contribution in [3.8, 4) is 0 Å². The van der Waals surface area contributed by atoms with Gasteiger partial charge < -0.3 is 5.73 Å². The standard InChI is InChI=1S/C10H18N4/c1-8(2)6-14(3)7-10-12-5-4-9(11)13-10/h4-5,8H,6-7H2,1-3H3,(H2,11,12,13). The monoisotopic (exact) mass is 194 g/mol. The lowest BCUT2D eigenvalue weighted by atomic mass is 10.2. The number of nitrogens with zero attached hydrogens (tertiary/aromatic N) is 3. The number of nitrogens with two attached hydrogens (primary N) is 1. The molecule has 2 N–H and O–H groups in total. The van der Waals surface area contributed by atoms with Gasteiger partial charge in [0.25, 0.3) is 0 Å². The minimum Gasteiger partial charge on any atom is -0.384 e. The topological polar surface area (TPSA) is 55.0 Å². The molecule has 14 heavy (non-hydrogen) atoms. The predicted octanol–water partition coefficient (Wildman–Crippen LogP) is 1.15. The third kappa shape index (κ3) is 3.70. The molecule has 0 saturated carbocycles. The number of anilines is 1. The van der Waals surface area contributed by atoms with Crippen LogP contribution in [0.25, 0.3) is 0 Å². The summed E-state index contributed by atoms with van der Waals surface area (Å²) in [5, 5.41) is 0. The lowest BCUT2D eigenvalue weighted by Crippen LogP contribution is -2.23. The predicted molar refractivity (Wildman–Crippen MR) is 57.6 cm³/mol. The summed E-state index contributed by atoms with van der Waals surface area (Å²) in [7, 11) is 2.06. The molecule has 0 unspecified atom stereocenters. The Hall–Kier alpha value is -1.16. The van der Waals surface area contributed by atoms with Crippen molar-refractivity contribution in [3.63, 3.8) is 0 Å². The molecule has 1 aromatic rings. The molecule has 78 valence electrons. The van der Waals surface area contributed by atoms with Gasteiger partial charge in [-0.2, -0.15) is 0 Å². The van der Waals surface area contributed by atoms with Crippen LogP contribution in [-0.4, -0.2) is 28.5 Å². The number of hydrogen-bond donors (Lipinski definition) is 1. The molecule has 0 radical (unpaired) electrons. The van der Waals surface area contributed by atoms with Crippen molar-refractivity contribution in [2.75, 3.05) is 19.3 Å². The molecule has 0 atom stereocenters. The highest BCUT2D eigenvalue weighted by atomic mass is 15.1. The Morgan fingerprint density at radius 2 is 2.21 bits per heavy atom. The summed E-state index contributed by atoms with van der Waals surface area (Å²) in [6, 6.07) is 1.70. The average Bonchev–Trinajstić information content (AvgIpc) is 2.01. The first-order valence-corrected chi connectivity index (χ1v) is 4.84. The van der Waals surface area contributed by atoms with E-state index >= 15 is 0 Å². The summed E-state index contributed by atoms with van der Waals surface area (Å²) < 4.78 is 0. The van der Waals surface area contributed by atoms with Crippen molar-refractivity contribution < 1.29 is 0 Å². The van der Waals surface area contributed by atoms with Crippen molar-refractivity contribution in [2.24, 2.45) is 5.92 Å². The third-order valence-electron chi connectivity index (χ3n) is 1.82. The van der Waals surface area contributed by atoms with Crippen molar-refractivity contribution >= 4 is 5.82 Å². The average molecular weight is 194 g/mol. The fourth-order valence-electron chi connectivity index (χ4n) is 1.42. The summed E-state index contributed by atoms with van der Waals surface area (Å²) in [4.78, 5) is 10.5. The molecule has 0 aliphatic carbocycles. The summed E-state index contributed by atoms with van der Waals surface area (Å²) in [5.41, 5.74) is 5.57. The first-order chi connectivity index (χ1) is 6.58. The fourth-order valence-corrected chi connectivity index (χ4v) is 1.42. The maximum absolute atomic E-state index is 5.57. The van der Waals surface area contributed by atoms with Gasteiger partial charge in [-0.05, 0) is 19.0 Å². The fraction of sp³-hybridized carbons (Fsp3) is 0.600. The highest BCUT2D eigenvalue weighted by Crippen LogP contribution is 2.02. The van der Waals surface area contributed by atoms with Crippen LogP contribution < -0.4 is 5.73 Å². The molecule has 0 aromatic carbocycles. The van der Waals surface area contributed by atoms with Crippen LogP contribution in [0.4, 0.5) is 5.82 Å². The highest BCUT2D eigenvalue weighted by Gasteiger charge is 2.04. The van der Waals surface area contributed by atoms with Crippen molar-refractivity contribution in [3.05, 3.63) is 18.1 Å². The molecule has 1 aromatic heterocycles. The molecule has 0 saturated heterocycles. The Bertz CT molecular complexity index is 285. The Morgan fingerprint density at radius 3 is 2.79 bits per heavy atom. The van der Waals surface area contributed by atoms with Gasteiger partial charge in [0, 0.05) is 12.7 Å². The Kier molecular flexibility index (Phi) is 3.83. The van der Waals surface area contributed by atoms with Crippen LogP contribution in [0, 0.1) is 5.92 Å². The molecule has 0 aliphatic heterocycles. The van der Waals surface area contributed by atoms with E-state index in [0.29, 0.717) is 11.7 Å². The summed E-state index contributed by atoms with van der Waals surface area (Å²) in [6.45, 7) is 6.18. The molecule has 0 amide bonds. The first-order valence-electron chi connectivity index (χ1n) is 4.84. The highest BCUT2D eigenvalue weighted by molar-refractivity contribution is 5.24. The van der Waals surface area contributed by atoms with Crippen molar-refractivity contribution in [2.45, 2.75) is 20.4 Å². The van der Waals surface area contributed by atoms with Crippen molar-refractivity contribution in [1.82, 2.24) is 14.9 Å². The van der Waals surface area contributed by atoms with Crippen LogP contribution in [-0.2, 0) is 6.54 Å². The Balaban J connectivity index is 2.51. The van der Waals surface area contributed by atoms with Crippen LogP contribution in [0.2, 0.25) is 0 Å². The van der Waals surface area contributed by atoms with E-state index in [2.05, 4.69) is 35.8 Å². The SMILES string of the molecule is CC(C)CN(C)Cc1nccc(N)n1.